The third-order valence-corrected chi connectivity index (χ3v) is 2.13. The average Bonchev–Trinajstić information content (AvgIpc) is 2.68. The van der Waals surface area contributed by atoms with Gasteiger partial charge >= 0.3 is 0 Å². The van der Waals surface area contributed by atoms with Gasteiger partial charge in [0.15, 0.2) is 0 Å². The van der Waals surface area contributed by atoms with Crippen molar-refractivity contribution in [3.05, 3.63) is 11.8 Å². The number of allylic oxidation sites excluding steroid dienone is 1. The lowest BCUT2D eigenvalue weighted by Crippen LogP contribution is -2.12. The fourth-order valence-electron chi connectivity index (χ4n) is 1.50. The Labute approximate surface area is 73.3 Å². The molecular weight excluding hydrogens is 150 g/mol. The molecule has 0 bridgehead atoms. The Morgan fingerprint density at radius 2 is 2.25 bits per heavy atom. The quantitative estimate of drug-likeness (QED) is 0.615. The van der Waals surface area contributed by atoms with Crippen molar-refractivity contribution in [1.29, 1.82) is 0 Å². The molecule has 1 saturated carbocycles. The maximum Gasteiger partial charge on any atom is 0.100 e. The summed E-state index contributed by atoms with van der Waals surface area (Å²) in [5, 5.41) is 0. The van der Waals surface area contributed by atoms with Crippen LogP contribution in [-0.4, -0.2) is 17.9 Å². The summed E-state index contributed by atoms with van der Waals surface area (Å²) in [6.45, 7) is 4.17. The van der Waals surface area contributed by atoms with Crippen LogP contribution in [0.3, 0.4) is 0 Å². The van der Waals surface area contributed by atoms with Gasteiger partial charge < -0.3 is 4.74 Å². The SMILES string of the molecule is CC1=NC(C)CC(OC2CC2)=C1. The van der Waals surface area contributed by atoms with Crippen LogP contribution < -0.4 is 0 Å². The summed E-state index contributed by atoms with van der Waals surface area (Å²) < 4.78 is 5.72. The lowest BCUT2D eigenvalue weighted by Gasteiger charge is -2.17. The summed E-state index contributed by atoms with van der Waals surface area (Å²) >= 11 is 0. The molecule has 0 amide bonds. The third kappa shape index (κ3) is 1.87. The van der Waals surface area contributed by atoms with Crippen molar-refractivity contribution in [1.82, 2.24) is 0 Å². The summed E-state index contributed by atoms with van der Waals surface area (Å²) in [6, 6.07) is 0.406. The smallest absolute Gasteiger partial charge is 0.100 e. The molecule has 0 saturated heterocycles. The molecule has 1 atom stereocenters. The van der Waals surface area contributed by atoms with Gasteiger partial charge in [-0.05, 0) is 32.8 Å². The van der Waals surface area contributed by atoms with Gasteiger partial charge in [-0.2, -0.15) is 0 Å². The maximum atomic E-state index is 5.72. The zero-order chi connectivity index (χ0) is 8.55. The number of ether oxygens (including phenoxy) is 1. The Bertz CT molecular complexity index is 238. The number of hydrogen-bond acceptors (Lipinski definition) is 2. The molecular formula is C10H15NO. The molecule has 0 radical (unpaired) electrons. The normalized spacial score (nSPS) is 29.3. The van der Waals surface area contributed by atoms with Crippen molar-refractivity contribution in [2.75, 3.05) is 0 Å². The van der Waals surface area contributed by atoms with Crippen molar-refractivity contribution in [2.45, 2.75) is 45.3 Å². The fraction of sp³-hybridized carbons (Fsp3) is 0.700. The first-order chi connectivity index (χ1) is 5.74. The van der Waals surface area contributed by atoms with Gasteiger partial charge in [-0.1, -0.05) is 0 Å². The Morgan fingerprint density at radius 3 is 2.83 bits per heavy atom. The van der Waals surface area contributed by atoms with E-state index in [4.69, 9.17) is 4.74 Å². The molecule has 66 valence electrons. The highest BCUT2D eigenvalue weighted by molar-refractivity contribution is 5.93. The van der Waals surface area contributed by atoms with E-state index in [0.29, 0.717) is 12.1 Å². The van der Waals surface area contributed by atoms with Gasteiger partial charge in [0.25, 0.3) is 0 Å². The lowest BCUT2D eigenvalue weighted by atomic mass is 10.1. The van der Waals surface area contributed by atoms with Gasteiger partial charge in [0.05, 0.1) is 12.1 Å². The second-order valence-corrected chi connectivity index (χ2v) is 3.75. The highest BCUT2D eigenvalue weighted by atomic mass is 16.5. The lowest BCUT2D eigenvalue weighted by molar-refractivity contribution is 0.183. The predicted molar refractivity (Wildman–Crippen MR) is 49.4 cm³/mol. The van der Waals surface area contributed by atoms with E-state index in [2.05, 4.69) is 18.0 Å². The molecule has 1 aliphatic carbocycles. The van der Waals surface area contributed by atoms with Crippen LogP contribution in [0.5, 0.6) is 0 Å². The van der Waals surface area contributed by atoms with Crippen molar-refractivity contribution in [3.63, 3.8) is 0 Å². The first-order valence-electron chi connectivity index (χ1n) is 4.65. The van der Waals surface area contributed by atoms with Gasteiger partial charge in [0, 0.05) is 12.1 Å². The summed E-state index contributed by atoms with van der Waals surface area (Å²) in [6.07, 6.45) is 6.05. The molecule has 1 heterocycles. The second-order valence-electron chi connectivity index (χ2n) is 3.75. The van der Waals surface area contributed by atoms with E-state index < -0.39 is 0 Å². The highest BCUT2D eigenvalue weighted by Gasteiger charge is 2.25. The minimum Gasteiger partial charge on any atom is -0.495 e. The predicted octanol–water partition coefficient (Wildman–Crippen LogP) is 2.30. The highest BCUT2D eigenvalue weighted by Crippen LogP contribution is 2.29. The van der Waals surface area contributed by atoms with Crippen molar-refractivity contribution < 1.29 is 4.74 Å². The number of hydrogen-bond donors (Lipinski definition) is 0. The second kappa shape index (κ2) is 2.92. The Kier molecular flexibility index (Phi) is 1.91. The van der Waals surface area contributed by atoms with Gasteiger partial charge in [-0.3, -0.25) is 4.99 Å². The third-order valence-electron chi connectivity index (χ3n) is 2.13. The molecule has 2 rings (SSSR count). The van der Waals surface area contributed by atoms with E-state index in [0.717, 1.165) is 17.9 Å². The number of nitrogens with zero attached hydrogens (tertiary/aromatic N) is 1. The van der Waals surface area contributed by atoms with Gasteiger partial charge in [0.2, 0.25) is 0 Å². The molecule has 1 unspecified atom stereocenters. The van der Waals surface area contributed by atoms with Crippen LogP contribution in [0.15, 0.2) is 16.8 Å². The van der Waals surface area contributed by atoms with E-state index >= 15 is 0 Å². The van der Waals surface area contributed by atoms with Crippen molar-refractivity contribution in [2.24, 2.45) is 4.99 Å². The van der Waals surface area contributed by atoms with Crippen LogP contribution in [0.4, 0.5) is 0 Å². The van der Waals surface area contributed by atoms with Gasteiger partial charge in [-0.25, -0.2) is 0 Å². The zero-order valence-electron chi connectivity index (χ0n) is 7.71. The van der Waals surface area contributed by atoms with Crippen molar-refractivity contribution in [3.8, 4) is 0 Å². The molecule has 0 aromatic rings. The van der Waals surface area contributed by atoms with Crippen LogP contribution in [0, 0.1) is 0 Å². The van der Waals surface area contributed by atoms with E-state index in [-0.39, 0.29) is 0 Å². The molecule has 2 aliphatic rings. The summed E-state index contributed by atoms with van der Waals surface area (Å²) in [7, 11) is 0. The minimum atomic E-state index is 0.406. The van der Waals surface area contributed by atoms with Crippen LogP contribution in [0.25, 0.3) is 0 Å². The van der Waals surface area contributed by atoms with Crippen LogP contribution in [0.2, 0.25) is 0 Å². The molecule has 1 fully saturated rings. The molecule has 12 heavy (non-hydrogen) atoms. The monoisotopic (exact) mass is 165 g/mol. The molecule has 0 aromatic carbocycles. The molecule has 2 nitrogen and oxygen atoms in total. The van der Waals surface area contributed by atoms with E-state index in [1.54, 1.807) is 0 Å². The maximum absolute atomic E-state index is 5.72. The van der Waals surface area contributed by atoms with Crippen molar-refractivity contribution >= 4 is 5.71 Å². The average molecular weight is 165 g/mol. The topological polar surface area (TPSA) is 21.6 Å². The Hall–Kier alpha value is -0.790. The molecule has 0 N–H and O–H groups in total. The molecule has 1 aliphatic heterocycles. The largest absolute Gasteiger partial charge is 0.495 e. The van der Waals surface area contributed by atoms with Crippen LogP contribution in [-0.2, 0) is 4.74 Å². The summed E-state index contributed by atoms with van der Waals surface area (Å²) in [5.74, 6) is 1.14. The molecule has 0 spiro atoms. The van der Waals surface area contributed by atoms with Crippen LogP contribution >= 0.6 is 0 Å². The van der Waals surface area contributed by atoms with Gasteiger partial charge in [0.1, 0.15) is 5.76 Å². The molecule has 0 aromatic heterocycles. The Morgan fingerprint density at radius 1 is 1.50 bits per heavy atom. The van der Waals surface area contributed by atoms with E-state index in [1.165, 1.54) is 12.8 Å². The Balaban J connectivity index is 1.99. The molecule has 2 heteroatoms. The minimum absolute atomic E-state index is 0.406. The number of rotatable bonds is 2. The number of aliphatic imine (C=N–C) groups is 1. The number of dihydropyridines is 1. The van der Waals surface area contributed by atoms with E-state index in [1.807, 2.05) is 6.92 Å². The van der Waals surface area contributed by atoms with Gasteiger partial charge in [-0.15, -0.1) is 0 Å². The standard InChI is InChI=1S/C10H15NO/c1-7-5-10(6-8(2)11-7)12-9-3-4-9/h5,8-9H,3-4,6H2,1-2H3. The summed E-state index contributed by atoms with van der Waals surface area (Å²) in [5.41, 5.74) is 1.10. The van der Waals surface area contributed by atoms with Crippen LogP contribution in [0.1, 0.15) is 33.1 Å². The van der Waals surface area contributed by atoms with E-state index in [9.17, 15) is 0 Å². The zero-order valence-corrected chi connectivity index (χ0v) is 7.71. The summed E-state index contributed by atoms with van der Waals surface area (Å²) in [4.78, 5) is 4.42. The fourth-order valence-corrected chi connectivity index (χ4v) is 1.50. The first kappa shape index (κ1) is 7.84. The first-order valence-corrected chi connectivity index (χ1v) is 4.65.